The first-order valence-electron chi connectivity index (χ1n) is 32.8. The Morgan fingerprint density at radius 1 is 0.211 bits per heavy atom. The molecule has 0 aliphatic heterocycles. The van der Waals surface area contributed by atoms with Gasteiger partial charge in [-0.3, -0.25) is 0 Å². The van der Waals surface area contributed by atoms with Crippen LogP contribution in [0, 0.1) is 34.9 Å². The maximum atomic E-state index is 14.7. The Labute approximate surface area is 532 Å². The average molecular weight is 1230 g/mol. The molecule has 3 nitrogen and oxygen atoms in total. The minimum Gasteiger partial charge on any atom is -0.490 e. The molecule has 474 valence electrons. The van der Waals surface area contributed by atoms with Crippen LogP contribution in [-0.4, -0.2) is 19.8 Å². The summed E-state index contributed by atoms with van der Waals surface area (Å²) in [5, 5.41) is 0. The molecule has 0 spiro atoms. The number of aryl methyl sites for hydroxylation is 3. The highest BCUT2D eigenvalue weighted by atomic mass is 19.2. The van der Waals surface area contributed by atoms with Crippen LogP contribution in [0.4, 0.5) is 26.3 Å². The van der Waals surface area contributed by atoms with Gasteiger partial charge >= 0.3 is 0 Å². The highest BCUT2D eigenvalue weighted by molar-refractivity contribution is 5.74. The molecule has 9 heteroatoms. The van der Waals surface area contributed by atoms with E-state index in [9.17, 15) is 26.3 Å². The maximum absolute atomic E-state index is 14.7. The van der Waals surface area contributed by atoms with Crippen molar-refractivity contribution in [2.45, 2.75) is 157 Å². The Balaban J connectivity index is 0.000000192. The van der Waals surface area contributed by atoms with Gasteiger partial charge in [0.15, 0.2) is 34.7 Å². The number of rotatable bonds is 30. The highest BCUT2D eigenvalue weighted by Gasteiger charge is 2.19. The first-order chi connectivity index (χ1) is 43.9. The molecule has 0 aliphatic rings. The number of hydrogen-bond acceptors (Lipinski definition) is 3. The Morgan fingerprint density at radius 3 is 0.711 bits per heavy atom. The topological polar surface area (TPSA) is 27.7 Å². The summed E-state index contributed by atoms with van der Waals surface area (Å²) in [6.45, 7) is 13.8. The highest BCUT2D eigenvalue weighted by Crippen LogP contribution is 2.36. The fourth-order valence-electron chi connectivity index (χ4n) is 10.5. The third-order valence-electron chi connectivity index (χ3n) is 16.0. The van der Waals surface area contributed by atoms with Crippen molar-refractivity contribution in [3.63, 3.8) is 0 Å². The minimum atomic E-state index is -0.932. The summed E-state index contributed by atoms with van der Waals surface area (Å²) in [6, 6.07) is 57.7. The van der Waals surface area contributed by atoms with Crippen LogP contribution < -0.4 is 14.2 Å². The number of hydrogen-bond donors (Lipinski definition) is 0. The standard InChI is InChI=1S/C28H32F2O.C27H30F2O.C26H28F2O/c1-3-5-7-9-21-10-12-22(13-11-21)23-14-16-24(17-15-23)25-18-19-26(28(30)27(25)29)31-20-8-6-4-2;1-3-5-7-8-20-9-11-21(12-10-20)22-13-15-23(16-14-22)24-17-18-25(27(29)26(24)28)30-19-6-4-2;1-3-5-6-7-19-8-10-20(11-9-19)21-12-14-22(15-13-21)23-16-17-24(29-18-4-2)26(28)25(23)27/h10-19H,3-9,20H2,1-2H3;9-18H,3-8,19H2,1-2H3;8-17H,3-7,18H2,1-2H3. The Bertz CT molecular complexity index is 3540. The van der Waals surface area contributed by atoms with E-state index in [4.69, 9.17) is 14.2 Å². The van der Waals surface area contributed by atoms with E-state index in [2.05, 4.69) is 100 Å². The summed E-state index contributed by atoms with van der Waals surface area (Å²) in [4.78, 5) is 0. The van der Waals surface area contributed by atoms with E-state index in [1.165, 1.54) is 92.7 Å². The number of halogens is 6. The van der Waals surface area contributed by atoms with Crippen molar-refractivity contribution >= 4 is 0 Å². The van der Waals surface area contributed by atoms with Gasteiger partial charge in [0, 0.05) is 16.7 Å². The van der Waals surface area contributed by atoms with Crippen LogP contribution in [0.3, 0.4) is 0 Å². The van der Waals surface area contributed by atoms with Gasteiger partial charge in [-0.15, -0.1) is 0 Å². The largest absolute Gasteiger partial charge is 0.490 e. The monoisotopic (exact) mass is 1220 g/mol. The van der Waals surface area contributed by atoms with Gasteiger partial charge in [0.25, 0.3) is 0 Å². The molecular formula is C81H90F6O3. The van der Waals surface area contributed by atoms with Crippen molar-refractivity contribution in [3.8, 4) is 84.0 Å². The molecule has 0 bridgehead atoms. The van der Waals surface area contributed by atoms with Gasteiger partial charge in [-0.05, 0) is 161 Å². The van der Waals surface area contributed by atoms with Crippen LogP contribution in [0.1, 0.15) is 155 Å². The molecule has 0 atom stereocenters. The molecule has 0 saturated carbocycles. The van der Waals surface area contributed by atoms with Gasteiger partial charge in [-0.25, -0.2) is 13.2 Å². The quantitative estimate of drug-likeness (QED) is 0.0332. The molecule has 0 saturated heterocycles. The molecule has 90 heavy (non-hydrogen) atoms. The average Bonchev–Trinajstić information content (AvgIpc) is 3.74. The smallest absolute Gasteiger partial charge is 0.201 e. The Hall–Kier alpha value is -8.04. The summed E-state index contributed by atoms with van der Waals surface area (Å²) in [7, 11) is 0. The fourth-order valence-corrected chi connectivity index (χ4v) is 10.5. The zero-order valence-electron chi connectivity index (χ0n) is 53.7. The van der Waals surface area contributed by atoms with E-state index in [1.54, 1.807) is 18.2 Å². The molecule has 9 aromatic rings. The van der Waals surface area contributed by atoms with Crippen LogP contribution in [0.15, 0.2) is 182 Å². The van der Waals surface area contributed by atoms with E-state index >= 15 is 0 Å². The van der Waals surface area contributed by atoms with Crippen molar-refractivity contribution in [2.75, 3.05) is 19.8 Å². The summed E-state index contributed by atoms with van der Waals surface area (Å²) in [5.41, 5.74) is 13.2. The summed E-state index contributed by atoms with van der Waals surface area (Å²) in [5.74, 6) is -5.47. The second-order valence-electron chi connectivity index (χ2n) is 23.0. The Kier molecular flexibility index (Phi) is 28.7. The molecule has 0 amide bonds. The van der Waals surface area contributed by atoms with Gasteiger partial charge in [0.1, 0.15) is 0 Å². The lowest BCUT2D eigenvalue weighted by molar-refractivity contribution is 0.286. The lowest BCUT2D eigenvalue weighted by atomic mass is 9.98. The summed E-state index contributed by atoms with van der Waals surface area (Å²) >= 11 is 0. The van der Waals surface area contributed by atoms with Crippen LogP contribution in [0.5, 0.6) is 17.2 Å². The van der Waals surface area contributed by atoms with Crippen molar-refractivity contribution in [3.05, 3.63) is 234 Å². The van der Waals surface area contributed by atoms with Crippen molar-refractivity contribution in [1.82, 2.24) is 0 Å². The zero-order valence-corrected chi connectivity index (χ0v) is 53.7. The Morgan fingerprint density at radius 2 is 0.444 bits per heavy atom. The number of unbranched alkanes of at least 4 members (excludes halogenated alkanes) is 9. The van der Waals surface area contributed by atoms with Crippen molar-refractivity contribution in [2.24, 2.45) is 0 Å². The normalized spacial score (nSPS) is 10.9. The molecule has 9 aromatic carbocycles. The maximum Gasteiger partial charge on any atom is 0.201 e. The van der Waals surface area contributed by atoms with Gasteiger partial charge < -0.3 is 14.2 Å². The summed E-state index contributed by atoms with van der Waals surface area (Å²) in [6.07, 6.45) is 19.8. The van der Waals surface area contributed by atoms with Gasteiger partial charge in [-0.2, -0.15) is 13.2 Å². The lowest BCUT2D eigenvalue weighted by Crippen LogP contribution is -2.01. The molecule has 0 radical (unpaired) electrons. The number of ether oxygens (including phenoxy) is 3. The van der Waals surface area contributed by atoms with E-state index in [0.717, 1.165) is 91.2 Å². The molecule has 0 unspecified atom stereocenters. The number of benzene rings is 9. The van der Waals surface area contributed by atoms with E-state index in [0.29, 0.717) is 36.5 Å². The van der Waals surface area contributed by atoms with Gasteiger partial charge in [0.2, 0.25) is 17.5 Å². The minimum absolute atomic E-state index is 0.0204. The first kappa shape index (κ1) is 69.4. The molecule has 0 N–H and O–H groups in total. The van der Waals surface area contributed by atoms with E-state index in [1.807, 2.05) is 86.6 Å². The summed E-state index contributed by atoms with van der Waals surface area (Å²) < 4.78 is 103. The van der Waals surface area contributed by atoms with E-state index in [-0.39, 0.29) is 33.9 Å². The SMILES string of the molecule is CCCCCOc1ccc(-c2ccc(-c3ccc(CCCCC)cc3)cc2)c(F)c1F.CCCCCc1ccc(-c2ccc(-c3ccc(OCCC)c(F)c3F)cc2)cc1.CCCCCc1ccc(-c2ccc(-c3ccc(OCCCC)c(F)c3F)cc2)cc1. The van der Waals surface area contributed by atoms with E-state index < -0.39 is 34.9 Å². The third-order valence-corrected chi connectivity index (χ3v) is 16.0. The van der Waals surface area contributed by atoms with Crippen LogP contribution in [0.2, 0.25) is 0 Å². The molecule has 0 aromatic heterocycles. The second-order valence-corrected chi connectivity index (χ2v) is 23.0. The first-order valence-corrected chi connectivity index (χ1v) is 32.8. The molecule has 9 rings (SSSR count). The zero-order chi connectivity index (χ0) is 64.0. The molecular weight excluding hydrogens is 1130 g/mol. The van der Waals surface area contributed by atoms with Gasteiger partial charge in [0.05, 0.1) is 19.8 Å². The predicted octanol–water partition coefficient (Wildman–Crippen LogP) is 24.6. The van der Waals surface area contributed by atoms with Crippen LogP contribution in [-0.2, 0) is 19.3 Å². The molecule has 0 heterocycles. The van der Waals surface area contributed by atoms with Crippen LogP contribution >= 0.6 is 0 Å². The molecule has 0 fully saturated rings. The van der Waals surface area contributed by atoms with Crippen molar-refractivity contribution < 1.29 is 40.6 Å². The predicted molar refractivity (Wildman–Crippen MR) is 363 cm³/mol. The van der Waals surface area contributed by atoms with Crippen LogP contribution in [0.25, 0.3) is 66.8 Å². The third kappa shape index (κ3) is 20.2. The van der Waals surface area contributed by atoms with Crippen molar-refractivity contribution in [1.29, 1.82) is 0 Å². The fraction of sp³-hybridized carbons (Fsp3) is 0.333. The molecule has 0 aliphatic carbocycles. The lowest BCUT2D eigenvalue weighted by Gasteiger charge is -2.11. The van der Waals surface area contributed by atoms with Gasteiger partial charge in [-0.1, -0.05) is 245 Å². The second kappa shape index (κ2) is 37.2.